The van der Waals surface area contributed by atoms with Crippen LogP contribution < -0.4 is 4.72 Å². The molecule has 31 heavy (non-hydrogen) atoms. The van der Waals surface area contributed by atoms with E-state index in [1.165, 1.54) is 12.3 Å². The van der Waals surface area contributed by atoms with Crippen LogP contribution in [0.3, 0.4) is 0 Å². The van der Waals surface area contributed by atoms with Crippen molar-refractivity contribution < 1.29 is 17.6 Å². The molecular formula is C22H26N4O4S. The summed E-state index contributed by atoms with van der Waals surface area (Å²) in [5, 5.41) is 6.80. The normalized spacial score (nSPS) is 14.6. The molecule has 1 aliphatic rings. The number of H-pyrrole nitrogens is 1. The number of nitrogens with zero attached hydrogens (tertiary/aromatic N) is 2. The largest absolute Gasteiger partial charge is 0.458 e. The monoisotopic (exact) mass is 442 g/mol. The standard InChI is InChI=1S/C22H26N4O4S/c1-14-9-15(2)11-17(10-14)25-31(28,29)20-12-19(30-16(20)3)21-18(13-23-24-21)22(27)26-7-5-4-6-8-26/h9-13,25H,4-8H2,1-3H3,(H,23,24). The molecule has 0 saturated carbocycles. The molecule has 1 amide bonds. The highest BCUT2D eigenvalue weighted by Crippen LogP contribution is 2.31. The molecule has 3 heterocycles. The molecule has 0 aliphatic carbocycles. The number of piperidine rings is 1. The van der Waals surface area contributed by atoms with Gasteiger partial charge in [0.1, 0.15) is 16.3 Å². The highest BCUT2D eigenvalue weighted by molar-refractivity contribution is 7.92. The van der Waals surface area contributed by atoms with Crippen molar-refractivity contribution in [1.82, 2.24) is 15.1 Å². The Balaban J connectivity index is 1.64. The van der Waals surface area contributed by atoms with Crippen molar-refractivity contribution >= 4 is 21.6 Å². The fraction of sp³-hybridized carbons (Fsp3) is 0.364. The molecule has 0 unspecified atom stereocenters. The summed E-state index contributed by atoms with van der Waals surface area (Å²) in [5.41, 5.74) is 3.16. The van der Waals surface area contributed by atoms with Crippen LogP contribution in [0.25, 0.3) is 11.5 Å². The molecule has 1 aliphatic heterocycles. The number of amides is 1. The van der Waals surface area contributed by atoms with E-state index >= 15 is 0 Å². The number of hydrogen-bond acceptors (Lipinski definition) is 5. The molecule has 2 N–H and O–H groups in total. The van der Waals surface area contributed by atoms with Crippen LogP contribution in [0.1, 0.15) is 46.5 Å². The van der Waals surface area contributed by atoms with Gasteiger partial charge in [0.15, 0.2) is 5.76 Å². The number of carbonyl (C=O) groups is 1. The number of nitrogens with one attached hydrogen (secondary N) is 2. The summed E-state index contributed by atoms with van der Waals surface area (Å²) in [4.78, 5) is 14.8. The van der Waals surface area contributed by atoms with E-state index in [9.17, 15) is 13.2 Å². The van der Waals surface area contributed by atoms with Crippen LogP contribution in [0.15, 0.2) is 39.8 Å². The lowest BCUT2D eigenvalue weighted by molar-refractivity contribution is 0.0725. The maximum absolute atomic E-state index is 13.0. The molecular weight excluding hydrogens is 416 g/mol. The Morgan fingerprint density at radius 2 is 1.74 bits per heavy atom. The predicted molar refractivity (Wildman–Crippen MR) is 118 cm³/mol. The minimum atomic E-state index is -3.87. The van der Waals surface area contributed by atoms with Gasteiger partial charge < -0.3 is 9.32 Å². The lowest BCUT2D eigenvalue weighted by atomic mass is 10.1. The lowest BCUT2D eigenvalue weighted by Crippen LogP contribution is -2.35. The molecule has 9 heteroatoms. The van der Waals surface area contributed by atoms with Crippen LogP contribution in [0.2, 0.25) is 0 Å². The van der Waals surface area contributed by atoms with E-state index in [2.05, 4.69) is 14.9 Å². The summed E-state index contributed by atoms with van der Waals surface area (Å²) >= 11 is 0. The predicted octanol–water partition coefficient (Wildman–Crippen LogP) is 4.02. The molecule has 8 nitrogen and oxygen atoms in total. The van der Waals surface area contributed by atoms with Crippen molar-refractivity contribution in [3.05, 3.63) is 52.9 Å². The molecule has 0 bridgehead atoms. The fourth-order valence-corrected chi connectivity index (χ4v) is 5.22. The summed E-state index contributed by atoms with van der Waals surface area (Å²) in [6.45, 7) is 6.82. The van der Waals surface area contributed by atoms with Crippen molar-refractivity contribution in [2.75, 3.05) is 17.8 Å². The smallest absolute Gasteiger partial charge is 0.265 e. The van der Waals surface area contributed by atoms with Gasteiger partial charge in [-0.05, 0) is 63.3 Å². The van der Waals surface area contributed by atoms with E-state index in [-0.39, 0.29) is 22.3 Å². The summed E-state index contributed by atoms with van der Waals surface area (Å²) in [6.07, 6.45) is 4.54. The Kier molecular flexibility index (Phi) is 5.62. The Labute approximate surface area is 181 Å². The van der Waals surface area contributed by atoms with E-state index in [0.29, 0.717) is 30.0 Å². The number of rotatable bonds is 5. The number of sulfonamides is 1. The maximum Gasteiger partial charge on any atom is 0.265 e. The Hall–Kier alpha value is -3.07. The highest BCUT2D eigenvalue weighted by atomic mass is 32.2. The third-order valence-corrected chi connectivity index (χ3v) is 6.88. The topological polar surface area (TPSA) is 108 Å². The number of aromatic amines is 1. The first-order chi connectivity index (χ1) is 14.7. The van der Waals surface area contributed by atoms with Gasteiger partial charge in [0.25, 0.3) is 15.9 Å². The number of benzene rings is 1. The number of aryl methyl sites for hydroxylation is 3. The summed E-state index contributed by atoms with van der Waals surface area (Å²) in [5.74, 6) is 0.365. The summed E-state index contributed by atoms with van der Waals surface area (Å²) < 4.78 is 34.4. The molecule has 2 aromatic heterocycles. The number of aromatic nitrogens is 2. The first-order valence-corrected chi connectivity index (χ1v) is 11.8. The quantitative estimate of drug-likeness (QED) is 0.620. The molecule has 1 saturated heterocycles. The van der Waals surface area contributed by atoms with Gasteiger partial charge in [0.2, 0.25) is 0 Å². The third kappa shape index (κ3) is 4.36. The van der Waals surface area contributed by atoms with Crippen molar-refractivity contribution in [3.8, 4) is 11.5 Å². The van der Waals surface area contributed by atoms with E-state index in [1.54, 1.807) is 24.0 Å². The van der Waals surface area contributed by atoms with Crippen LogP contribution in [-0.4, -0.2) is 42.5 Å². The van der Waals surface area contributed by atoms with Gasteiger partial charge in [-0.25, -0.2) is 8.42 Å². The number of carbonyl (C=O) groups excluding carboxylic acids is 1. The zero-order valence-corrected chi connectivity index (χ0v) is 18.7. The van der Waals surface area contributed by atoms with E-state index in [1.807, 2.05) is 19.9 Å². The van der Waals surface area contributed by atoms with E-state index in [4.69, 9.17) is 4.42 Å². The molecule has 0 spiro atoms. The van der Waals surface area contributed by atoms with Gasteiger partial charge >= 0.3 is 0 Å². The van der Waals surface area contributed by atoms with Crippen LogP contribution in [0.5, 0.6) is 0 Å². The van der Waals surface area contributed by atoms with Gasteiger partial charge in [-0.3, -0.25) is 14.6 Å². The van der Waals surface area contributed by atoms with Crippen molar-refractivity contribution in [1.29, 1.82) is 0 Å². The average Bonchev–Trinajstić information content (AvgIpc) is 3.33. The second-order valence-electron chi connectivity index (χ2n) is 8.02. The maximum atomic E-state index is 13.0. The van der Waals surface area contributed by atoms with Gasteiger partial charge in [0, 0.05) is 24.8 Å². The SMILES string of the molecule is Cc1cc(C)cc(NS(=O)(=O)c2cc(-c3[nH]ncc3C(=O)N3CCCCC3)oc2C)c1. The zero-order valence-electron chi connectivity index (χ0n) is 17.9. The van der Waals surface area contributed by atoms with Crippen LogP contribution >= 0.6 is 0 Å². The van der Waals surface area contributed by atoms with Gasteiger partial charge in [0.05, 0.1) is 11.8 Å². The van der Waals surface area contributed by atoms with Crippen molar-refractivity contribution in [2.45, 2.75) is 44.9 Å². The summed E-state index contributed by atoms with van der Waals surface area (Å²) in [6, 6.07) is 6.94. The zero-order chi connectivity index (χ0) is 22.2. The second kappa shape index (κ2) is 8.22. The molecule has 4 rings (SSSR count). The number of hydrogen-bond donors (Lipinski definition) is 2. The first kappa shape index (κ1) is 21.2. The number of furan rings is 1. The third-order valence-electron chi connectivity index (χ3n) is 5.40. The van der Waals surface area contributed by atoms with Gasteiger partial charge in [-0.1, -0.05) is 6.07 Å². The molecule has 164 valence electrons. The molecule has 0 radical (unpaired) electrons. The minimum absolute atomic E-state index is 0.0210. The Bertz CT molecular complexity index is 1200. The van der Waals surface area contributed by atoms with Crippen molar-refractivity contribution in [2.24, 2.45) is 0 Å². The average molecular weight is 443 g/mol. The van der Waals surface area contributed by atoms with Gasteiger partial charge in [-0.15, -0.1) is 0 Å². The van der Waals surface area contributed by atoms with E-state index in [0.717, 1.165) is 30.4 Å². The highest BCUT2D eigenvalue weighted by Gasteiger charge is 2.27. The Morgan fingerprint density at radius 3 is 2.42 bits per heavy atom. The second-order valence-corrected chi connectivity index (χ2v) is 9.68. The molecule has 1 fully saturated rings. The van der Waals surface area contributed by atoms with Crippen LogP contribution in [0.4, 0.5) is 5.69 Å². The first-order valence-electron chi connectivity index (χ1n) is 10.3. The fourth-order valence-electron chi connectivity index (χ4n) is 4.00. The van der Waals surface area contributed by atoms with E-state index < -0.39 is 10.0 Å². The van der Waals surface area contributed by atoms with Crippen LogP contribution in [0, 0.1) is 20.8 Å². The molecule has 0 atom stereocenters. The van der Waals surface area contributed by atoms with Crippen LogP contribution in [-0.2, 0) is 10.0 Å². The summed E-state index contributed by atoms with van der Waals surface area (Å²) in [7, 11) is -3.87. The lowest BCUT2D eigenvalue weighted by Gasteiger charge is -2.26. The molecule has 1 aromatic carbocycles. The van der Waals surface area contributed by atoms with Crippen molar-refractivity contribution in [3.63, 3.8) is 0 Å². The minimum Gasteiger partial charge on any atom is -0.458 e. The number of anilines is 1. The Morgan fingerprint density at radius 1 is 1.06 bits per heavy atom. The molecule has 3 aromatic rings. The van der Waals surface area contributed by atoms with Gasteiger partial charge in [-0.2, -0.15) is 5.10 Å². The number of likely N-dealkylation sites (tertiary alicyclic amines) is 1.